The molecule has 1 aromatic heterocycles. The number of aliphatic hydroxyl groups is 1. The third-order valence-corrected chi connectivity index (χ3v) is 6.35. The molecule has 3 unspecified atom stereocenters. The number of fused-ring (bicyclic) bond motifs is 1. The topological polar surface area (TPSA) is 23.5 Å². The highest BCUT2D eigenvalue weighted by molar-refractivity contribution is 7.10. The van der Waals surface area contributed by atoms with E-state index in [-0.39, 0.29) is 6.10 Å². The highest BCUT2D eigenvalue weighted by atomic mass is 32.1. The van der Waals surface area contributed by atoms with Gasteiger partial charge in [-0.1, -0.05) is 13.8 Å². The number of thiophene rings is 1. The van der Waals surface area contributed by atoms with Crippen LogP contribution in [-0.2, 0) is 6.42 Å². The van der Waals surface area contributed by atoms with E-state index in [1.165, 1.54) is 12.0 Å². The van der Waals surface area contributed by atoms with Gasteiger partial charge in [-0.25, -0.2) is 0 Å². The predicted molar refractivity (Wildman–Crippen MR) is 85.1 cm³/mol. The van der Waals surface area contributed by atoms with Crippen LogP contribution in [0.15, 0.2) is 11.4 Å². The van der Waals surface area contributed by atoms with Gasteiger partial charge in [0.05, 0.1) is 6.10 Å². The molecule has 0 saturated heterocycles. The summed E-state index contributed by atoms with van der Waals surface area (Å²) in [6.07, 6.45) is 4.38. The van der Waals surface area contributed by atoms with Crippen LogP contribution in [0.25, 0.3) is 0 Å². The second kappa shape index (κ2) is 5.43. The minimum atomic E-state index is -0.0981. The molecule has 1 saturated carbocycles. The molecule has 2 aliphatic rings. The summed E-state index contributed by atoms with van der Waals surface area (Å²) in [4.78, 5) is 4.16. The van der Waals surface area contributed by atoms with Crippen LogP contribution in [0.5, 0.6) is 0 Å². The first-order chi connectivity index (χ1) is 9.46. The summed E-state index contributed by atoms with van der Waals surface area (Å²) in [5, 5.41) is 12.6. The molecule has 1 fully saturated rings. The molecule has 2 heterocycles. The van der Waals surface area contributed by atoms with Crippen LogP contribution in [0.3, 0.4) is 0 Å². The maximum atomic E-state index is 10.3. The smallest absolute Gasteiger partial charge is 0.0581 e. The molecule has 3 heteroatoms. The summed E-state index contributed by atoms with van der Waals surface area (Å²) in [6.45, 7) is 9.23. The first-order valence-corrected chi connectivity index (χ1v) is 8.83. The summed E-state index contributed by atoms with van der Waals surface area (Å²) in [5.41, 5.74) is 1.92. The third-order valence-electron chi connectivity index (χ3n) is 5.35. The lowest BCUT2D eigenvalue weighted by atomic mass is 9.70. The largest absolute Gasteiger partial charge is 0.393 e. The number of aliphatic hydroxyl groups excluding tert-OH is 1. The van der Waals surface area contributed by atoms with E-state index in [2.05, 4.69) is 37.1 Å². The predicted octanol–water partition coefficient (Wildman–Crippen LogP) is 3.85. The van der Waals surface area contributed by atoms with E-state index in [0.29, 0.717) is 17.4 Å². The molecule has 3 atom stereocenters. The Bertz CT molecular complexity index is 467. The van der Waals surface area contributed by atoms with Gasteiger partial charge in [0.15, 0.2) is 0 Å². The Balaban J connectivity index is 1.69. The summed E-state index contributed by atoms with van der Waals surface area (Å²) in [6, 6.07) is 2.81. The average Bonchev–Trinajstić information content (AvgIpc) is 2.86. The van der Waals surface area contributed by atoms with E-state index < -0.39 is 0 Å². The Morgan fingerprint density at radius 2 is 2.25 bits per heavy atom. The summed E-state index contributed by atoms with van der Waals surface area (Å²) >= 11 is 1.90. The molecule has 1 N–H and O–H groups in total. The van der Waals surface area contributed by atoms with Gasteiger partial charge in [0.25, 0.3) is 0 Å². The quantitative estimate of drug-likeness (QED) is 0.895. The first kappa shape index (κ1) is 14.6. The van der Waals surface area contributed by atoms with Crippen LogP contribution in [0, 0.1) is 11.3 Å². The molecule has 112 valence electrons. The van der Waals surface area contributed by atoms with Crippen molar-refractivity contribution < 1.29 is 5.11 Å². The van der Waals surface area contributed by atoms with Crippen LogP contribution in [-0.4, -0.2) is 29.2 Å². The van der Waals surface area contributed by atoms with E-state index in [0.717, 1.165) is 32.4 Å². The van der Waals surface area contributed by atoms with Crippen molar-refractivity contribution in [3.63, 3.8) is 0 Å². The molecule has 1 aliphatic heterocycles. The van der Waals surface area contributed by atoms with Crippen molar-refractivity contribution in [2.75, 3.05) is 13.1 Å². The van der Waals surface area contributed by atoms with Crippen molar-refractivity contribution in [1.29, 1.82) is 0 Å². The molecule has 2 nitrogen and oxygen atoms in total. The minimum absolute atomic E-state index is 0.0981. The zero-order chi connectivity index (χ0) is 14.3. The van der Waals surface area contributed by atoms with Crippen LogP contribution in [0.1, 0.15) is 56.5 Å². The Morgan fingerprint density at radius 1 is 1.45 bits per heavy atom. The molecule has 20 heavy (non-hydrogen) atoms. The van der Waals surface area contributed by atoms with Gasteiger partial charge >= 0.3 is 0 Å². The Hall–Kier alpha value is -0.380. The third kappa shape index (κ3) is 2.81. The van der Waals surface area contributed by atoms with E-state index >= 15 is 0 Å². The monoisotopic (exact) mass is 293 g/mol. The Labute approximate surface area is 126 Å². The van der Waals surface area contributed by atoms with Crippen LogP contribution in [0.2, 0.25) is 0 Å². The van der Waals surface area contributed by atoms with Crippen molar-refractivity contribution in [3.05, 3.63) is 21.9 Å². The lowest BCUT2D eigenvalue weighted by Crippen LogP contribution is -2.43. The van der Waals surface area contributed by atoms with Gasteiger partial charge < -0.3 is 5.11 Å². The fourth-order valence-corrected chi connectivity index (χ4v) is 4.98. The van der Waals surface area contributed by atoms with Gasteiger partial charge in [-0.3, -0.25) is 4.90 Å². The molecule has 0 amide bonds. The SMILES string of the molecule is CC1c2ccsc2CCN1CC1CC(C)(C)CCC1O. The van der Waals surface area contributed by atoms with Gasteiger partial charge in [0.1, 0.15) is 0 Å². The summed E-state index contributed by atoms with van der Waals surface area (Å²) < 4.78 is 0. The van der Waals surface area contributed by atoms with Crippen molar-refractivity contribution in [3.8, 4) is 0 Å². The fraction of sp³-hybridized carbons (Fsp3) is 0.765. The normalized spacial score (nSPS) is 33.9. The second-order valence-electron chi connectivity index (χ2n) is 7.45. The van der Waals surface area contributed by atoms with Crippen molar-refractivity contribution in [1.82, 2.24) is 4.90 Å². The van der Waals surface area contributed by atoms with E-state index in [4.69, 9.17) is 0 Å². The van der Waals surface area contributed by atoms with Gasteiger partial charge in [-0.15, -0.1) is 11.3 Å². The molecule has 0 spiro atoms. The first-order valence-electron chi connectivity index (χ1n) is 7.95. The second-order valence-corrected chi connectivity index (χ2v) is 8.46. The highest BCUT2D eigenvalue weighted by Crippen LogP contribution is 2.41. The minimum Gasteiger partial charge on any atom is -0.393 e. The van der Waals surface area contributed by atoms with E-state index in [9.17, 15) is 5.11 Å². The molecule has 0 bridgehead atoms. The van der Waals surface area contributed by atoms with Gasteiger partial charge in [0, 0.05) is 24.0 Å². The fourth-order valence-electron chi connectivity index (χ4n) is 4.02. The summed E-state index contributed by atoms with van der Waals surface area (Å²) in [5.74, 6) is 0.446. The van der Waals surface area contributed by atoms with E-state index in [1.807, 2.05) is 11.3 Å². The number of hydrogen-bond acceptors (Lipinski definition) is 3. The van der Waals surface area contributed by atoms with Crippen molar-refractivity contribution in [2.24, 2.45) is 11.3 Å². The van der Waals surface area contributed by atoms with Gasteiger partial charge in [-0.2, -0.15) is 0 Å². The van der Waals surface area contributed by atoms with Crippen LogP contribution in [0.4, 0.5) is 0 Å². The number of nitrogens with zero attached hydrogens (tertiary/aromatic N) is 1. The van der Waals surface area contributed by atoms with Gasteiger partial charge in [0.2, 0.25) is 0 Å². The standard InChI is InChI=1S/C17H27NOS/c1-12-14-6-9-20-16(14)5-8-18(12)11-13-10-17(2,3)7-4-15(13)19/h6,9,12-13,15,19H,4-5,7-8,10-11H2,1-3H3. The number of rotatable bonds is 2. The van der Waals surface area contributed by atoms with Crippen molar-refractivity contribution in [2.45, 2.75) is 58.6 Å². The molecular formula is C17H27NOS. The molecule has 3 rings (SSSR count). The zero-order valence-corrected chi connectivity index (χ0v) is 13.7. The number of hydrogen-bond donors (Lipinski definition) is 1. The molecular weight excluding hydrogens is 266 g/mol. The molecule has 0 aromatic carbocycles. The van der Waals surface area contributed by atoms with E-state index in [1.54, 1.807) is 4.88 Å². The highest BCUT2D eigenvalue weighted by Gasteiger charge is 2.36. The zero-order valence-electron chi connectivity index (χ0n) is 12.9. The Morgan fingerprint density at radius 3 is 3.05 bits per heavy atom. The lowest BCUT2D eigenvalue weighted by molar-refractivity contribution is -0.00280. The lowest BCUT2D eigenvalue weighted by Gasteiger charge is -2.43. The maximum Gasteiger partial charge on any atom is 0.0581 e. The molecule has 0 radical (unpaired) electrons. The average molecular weight is 293 g/mol. The Kier molecular flexibility index (Phi) is 3.95. The maximum absolute atomic E-state index is 10.3. The van der Waals surface area contributed by atoms with Crippen molar-refractivity contribution >= 4 is 11.3 Å². The van der Waals surface area contributed by atoms with Crippen LogP contribution >= 0.6 is 11.3 Å². The van der Waals surface area contributed by atoms with Gasteiger partial charge in [-0.05, 0) is 60.9 Å². The summed E-state index contributed by atoms with van der Waals surface area (Å²) in [7, 11) is 0. The van der Waals surface area contributed by atoms with Crippen LogP contribution < -0.4 is 0 Å². The molecule has 1 aliphatic carbocycles. The molecule has 1 aromatic rings.